The number of carbonyl (C=O) groups is 2. The van der Waals surface area contributed by atoms with E-state index < -0.39 is 23.6 Å². The number of hydrogen-bond donors (Lipinski definition) is 2. The van der Waals surface area contributed by atoms with Crippen LogP contribution in [0, 0.1) is 0 Å². The van der Waals surface area contributed by atoms with Gasteiger partial charge in [0.25, 0.3) is 5.91 Å². The van der Waals surface area contributed by atoms with Crippen LogP contribution in [0.5, 0.6) is 0 Å². The van der Waals surface area contributed by atoms with Crippen LogP contribution in [0.4, 0.5) is 18.9 Å². The van der Waals surface area contributed by atoms with E-state index in [0.29, 0.717) is 40.5 Å². The summed E-state index contributed by atoms with van der Waals surface area (Å²) in [4.78, 5) is 23.5. The quantitative estimate of drug-likeness (QED) is 0.422. The van der Waals surface area contributed by atoms with E-state index in [4.69, 9.17) is 9.52 Å². The molecule has 0 aliphatic carbocycles. The number of carboxylic acid groups (broad SMARTS) is 1. The molecule has 3 aromatic rings. The van der Waals surface area contributed by atoms with E-state index in [9.17, 15) is 22.8 Å². The molecule has 0 saturated carbocycles. The average molecular weight is 463 g/mol. The summed E-state index contributed by atoms with van der Waals surface area (Å²) in [5.41, 5.74) is 1.38. The van der Waals surface area contributed by atoms with E-state index >= 15 is 0 Å². The van der Waals surface area contributed by atoms with Gasteiger partial charge in [-0.2, -0.15) is 13.2 Å². The smallest absolute Gasteiger partial charge is 0.416 e. The minimum Gasteiger partial charge on any atom is -0.481 e. The molecule has 0 fully saturated rings. The number of benzene rings is 2. The predicted octanol–water partition coefficient (Wildman–Crippen LogP) is 6.10. The number of rotatable bonds is 8. The number of aliphatic carboxylic acids is 1. The third kappa shape index (κ3) is 5.94. The fraction of sp³-hybridized carbons (Fsp3) is 0.217. The lowest BCUT2D eigenvalue weighted by molar-refractivity contribution is -0.137. The van der Waals surface area contributed by atoms with Gasteiger partial charge < -0.3 is 14.8 Å². The van der Waals surface area contributed by atoms with E-state index in [-0.39, 0.29) is 5.75 Å². The first-order valence-corrected chi connectivity index (χ1v) is 10.8. The van der Waals surface area contributed by atoms with Gasteiger partial charge in [-0.05, 0) is 35.9 Å². The molecule has 0 bridgehead atoms. The van der Waals surface area contributed by atoms with Crippen molar-refractivity contribution in [2.75, 3.05) is 11.1 Å². The number of alkyl halides is 3. The van der Waals surface area contributed by atoms with E-state index in [1.165, 1.54) is 30.0 Å². The SMILES string of the molecule is CCc1oc(-c2ccc(C(F)(F)F)cc2)cc1C(=O)Nc1cccc(CSCC(=O)O)c1. The number of nitrogens with one attached hydrogen (secondary N) is 1. The second-order valence-corrected chi connectivity index (χ2v) is 7.90. The van der Waals surface area contributed by atoms with Crippen molar-refractivity contribution in [2.45, 2.75) is 25.3 Å². The molecule has 0 atom stereocenters. The number of aryl methyl sites for hydroxylation is 1. The summed E-state index contributed by atoms with van der Waals surface area (Å²) in [6, 6.07) is 13.1. The minimum atomic E-state index is -4.43. The van der Waals surface area contributed by atoms with Crippen LogP contribution in [0.15, 0.2) is 59.0 Å². The Morgan fingerprint density at radius 3 is 2.44 bits per heavy atom. The molecule has 168 valence electrons. The van der Waals surface area contributed by atoms with Crippen molar-refractivity contribution in [2.24, 2.45) is 0 Å². The number of furan rings is 1. The largest absolute Gasteiger partial charge is 0.481 e. The molecule has 1 heterocycles. The number of carbonyl (C=O) groups excluding carboxylic acids is 1. The number of thioether (sulfide) groups is 1. The second kappa shape index (κ2) is 9.95. The fourth-order valence-corrected chi connectivity index (χ4v) is 3.73. The van der Waals surface area contributed by atoms with Crippen LogP contribution in [0.2, 0.25) is 0 Å². The van der Waals surface area contributed by atoms with Crippen molar-refractivity contribution < 1.29 is 32.3 Å². The highest BCUT2D eigenvalue weighted by atomic mass is 32.2. The summed E-state index contributed by atoms with van der Waals surface area (Å²) < 4.78 is 44.1. The van der Waals surface area contributed by atoms with Gasteiger partial charge in [-0.3, -0.25) is 9.59 Å². The summed E-state index contributed by atoms with van der Waals surface area (Å²) in [5.74, 6) is -0.0994. The van der Waals surface area contributed by atoms with Gasteiger partial charge in [-0.15, -0.1) is 11.8 Å². The number of amides is 1. The van der Waals surface area contributed by atoms with Crippen LogP contribution in [0.1, 0.15) is 34.2 Å². The Balaban J connectivity index is 1.76. The van der Waals surface area contributed by atoms with Crippen LogP contribution in [0.25, 0.3) is 11.3 Å². The highest BCUT2D eigenvalue weighted by molar-refractivity contribution is 7.99. The Kier molecular flexibility index (Phi) is 7.29. The molecule has 1 aromatic heterocycles. The summed E-state index contributed by atoms with van der Waals surface area (Å²) in [5, 5.41) is 11.5. The lowest BCUT2D eigenvalue weighted by Crippen LogP contribution is -2.12. The van der Waals surface area contributed by atoms with E-state index in [0.717, 1.165) is 17.7 Å². The molecule has 0 radical (unpaired) electrons. The van der Waals surface area contributed by atoms with Crippen LogP contribution in [-0.2, 0) is 23.1 Å². The van der Waals surface area contributed by atoms with Crippen LogP contribution >= 0.6 is 11.8 Å². The zero-order chi connectivity index (χ0) is 23.3. The highest BCUT2D eigenvalue weighted by Gasteiger charge is 2.30. The first-order valence-electron chi connectivity index (χ1n) is 9.67. The Labute approximate surface area is 186 Å². The molecule has 2 N–H and O–H groups in total. The van der Waals surface area contributed by atoms with Gasteiger partial charge >= 0.3 is 12.1 Å². The molecule has 0 saturated heterocycles. The molecule has 0 aliphatic rings. The highest BCUT2D eigenvalue weighted by Crippen LogP contribution is 2.32. The summed E-state index contributed by atoms with van der Waals surface area (Å²) in [7, 11) is 0. The van der Waals surface area contributed by atoms with Gasteiger partial charge in [-0.25, -0.2) is 0 Å². The fourth-order valence-electron chi connectivity index (χ4n) is 3.04. The van der Waals surface area contributed by atoms with Crippen LogP contribution < -0.4 is 5.32 Å². The maximum absolute atomic E-state index is 12.8. The Hall–Kier alpha value is -3.20. The van der Waals surface area contributed by atoms with Gasteiger partial charge in [0.1, 0.15) is 11.5 Å². The predicted molar refractivity (Wildman–Crippen MR) is 117 cm³/mol. The Morgan fingerprint density at radius 1 is 1.09 bits per heavy atom. The summed E-state index contributed by atoms with van der Waals surface area (Å²) in [6.45, 7) is 1.81. The van der Waals surface area contributed by atoms with Gasteiger partial charge in [-0.1, -0.05) is 31.2 Å². The summed E-state index contributed by atoms with van der Waals surface area (Å²) in [6.07, 6.45) is -4.00. The van der Waals surface area contributed by atoms with Crippen molar-refractivity contribution in [1.29, 1.82) is 0 Å². The van der Waals surface area contributed by atoms with Crippen LogP contribution in [-0.4, -0.2) is 22.7 Å². The normalized spacial score (nSPS) is 11.4. The zero-order valence-corrected chi connectivity index (χ0v) is 17.8. The number of halogens is 3. The van der Waals surface area contributed by atoms with Crippen molar-refractivity contribution in [1.82, 2.24) is 0 Å². The molecule has 0 aliphatic heterocycles. The standard InChI is InChI=1S/C23H20F3NO4S/c1-2-19-18(11-20(31-19)15-6-8-16(9-7-15)23(24,25)26)22(30)27-17-5-3-4-14(10-17)12-32-13-21(28)29/h3-11H,2,12-13H2,1H3,(H,27,30)(H,28,29). The van der Waals surface area contributed by atoms with Crippen molar-refractivity contribution in [3.8, 4) is 11.3 Å². The number of carboxylic acids is 1. The molecule has 0 unspecified atom stereocenters. The maximum Gasteiger partial charge on any atom is 0.416 e. The minimum absolute atomic E-state index is 0.0157. The molecule has 2 aromatic carbocycles. The summed E-state index contributed by atoms with van der Waals surface area (Å²) >= 11 is 1.25. The third-order valence-corrected chi connectivity index (χ3v) is 5.54. The van der Waals surface area contributed by atoms with Gasteiger partial charge in [0.15, 0.2) is 0 Å². The van der Waals surface area contributed by atoms with Crippen LogP contribution in [0.3, 0.4) is 0 Å². The first-order chi connectivity index (χ1) is 15.2. The number of hydrogen-bond acceptors (Lipinski definition) is 4. The third-order valence-electron chi connectivity index (χ3n) is 4.55. The molecule has 9 heteroatoms. The topological polar surface area (TPSA) is 79.5 Å². The zero-order valence-electron chi connectivity index (χ0n) is 17.0. The molecular weight excluding hydrogens is 443 g/mol. The lowest BCUT2D eigenvalue weighted by Gasteiger charge is -2.07. The average Bonchev–Trinajstić information content (AvgIpc) is 3.18. The van der Waals surface area contributed by atoms with Crippen molar-refractivity contribution in [3.05, 3.63) is 77.0 Å². The molecule has 0 spiro atoms. The van der Waals surface area contributed by atoms with Crippen molar-refractivity contribution >= 4 is 29.3 Å². The second-order valence-electron chi connectivity index (χ2n) is 6.92. The molecule has 5 nitrogen and oxygen atoms in total. The monoisotopic (exact) mass is 463 g/mol. The van der Waals surface area contributed by atoms with E-state index in [2.05, 4.69) is 5.32 Å². The molecule has 32 heavy (non-hydrogen) atoms. The Bertz CT molecular complexity index is 1110. The Morgan fingerprint density at radius 2 is 1.81 bits per heavy atom. The first kappa shape index (κ1) is 23.5. The number of anilines is 1. The van der Waals surface area contributed by atoms with Gasteiger partial charge in [0.2, 0.25) is 0 Å². The maximum atomic E-state index is 12.8. The molecule has 1 amide bonds. The van der Waals surface area contributed by atoms with Gasteiger partial charge in [0, 0.05) is 23.4 Å². The van der Waals surface area contributed by atoms with Crippen molar-refractivity contribution in [3.63, 3.8) is 0 Å². The van der Waals surface area contributed by atoms with E-state index in [1.807, 2.05) is 13.0 Å². The van der Waals surface area contributed by atoms with Gasteiger partial charge in [0.05, 0.1) is 16.9 Å². The lowest BCUT2D eigenvalue weighted by atomic mass is 10.1. The molecule has 3 rings (SSSR count). The van der Waals surface area contributed by atoms with E-state index in [1.54, 1.807) is 18.2 Å². The molecular formula is C23H20F3NO4S.